The molecule has 1 unspecified atom stereocenters. The molecule has 3 heterocycles. The summed E-state index contributed by atoms with van der Waals surface area (Å²) in [7, 11) is 0. The molecule has 7 nitrogen and oxygen atoms in total. The Morgan fingerprint density at radius 1 is 1.11 bits per heavy atom. The number of halogens is 3. The van der Waals surface area contributed by atoms with Crippen molar-refractivity contribution in [1.82, 2.24) is 15.3 Å². The molecule has 1 fully saturated rings. The molecule has 192 valence electrons. The molecule has 3 aromatic rings. The topological polar surface area (TPSA) is 95.4 Å². The molecule has 1 aliphatic heterocycles. The van der Waals surface area contributed by atoms with Crippen LogP contribution in [0.25, 0.3) is 0 Å². The van der Waals surface area contributed by atoms with Crippen molar-refractivity contribution < 1.29 is 19.1 Å². The van der Waals surface area contributed by atoms with E-state index in [1.54, 1.807) is 19.1 Å². The number of amides is 2. The normalized spacial score (nSPS) is 23.2. The lowest BCUT2D eigenvalue weighted by Crippen LogP contribution is -2.45. The Kier molecular flexibility index (Phi) is 6.91. The monoisotopic (exact) mass is 542 g/mol. The van der Waals surface area contributed by atoms with E-state index in [0.717, 1.165) is 25.7 Å². The average Bonchev–Trinajstić information content (AvgIpc) is 3.08. The van der Waals surface area contributed by atoms with Gasteiger partial charge in [-0.15, -0.1) is 0 Å². The lowest BCUT2D eigenvalue weighted by Gasteiger charge is -2.32. The third-order valence-electron chi connectivity index (χ3n) is 7.21. The summed E-state index contributed by atoms with van der Waals surface area (Å²) in [6, 6.07) is 8.57. The minimum atomic E-state index is -2.03. The summed E-state index contributed by atoms with van der Waals surface area (Å²) in [6.07, 6.45) is 5.83. The second kappa shape index (κ2) is 10.0. The molecule has 1 aliphatic carbocycles. The zero-order chi connectivity index (χ0) is 26.3. The Bertz CT molecular complexity index is 1360. The van der Waals surface area contributed by atoms with Gasteiger partial charge in [0.2, 0.25) is 5.60 Å². The molecular formula is C27H25Cl2FN4O3. The van der Waals surface area contributed by atoms with Crippen LogP contribution in [0, 0.1) is 18.7 Å². The summed E-state index contributed by atoms with van der Waals surface area (Å²) >= 11 is 11.9. The maximum atomic E-state index is 14.2. The van der Waals surface area contributed by atoms with Crippen LogP contribution in [0.5, 0.6) is 0 Å². The van der Waals surface area contributed by atoms with Crippen LogP contribution in [0.2, 0.25) is 10.0 Å². The highest BCUT2D eigenvalue weighted by Crippen LogP contribution is 2.45. The zero-order valence-corrected chi connectivity index (χ0v) is 21.6. The number of benzene rings is 1. The van der Waals surface area contributed by atoms with Gasteiger partial charge in [0.15, 0.2) is 0 Å². The first-order valence-corrected chi connectivity index (χ1v) is 12.8. The van der Waals surface area contributed by atoms with Crippen LogP contribution in [-0.4, -0.2) is 39.5 Å². The van der Waals surface area contributed by atoms with Crippen molar-refractivity contribution in [3.05, 3.63) is 87.2 Å². The second-order valence-electron chi connectivity index (χ2n) is 9.63. The minimum absolute atomic E-state index is 0.0173. The lowest BCUT2D eigenvalue weighted by molar-refractivity contribution is -0.132. The van der Waals surface area contributed by atoms with Crippen molar-refractivity contribution >= 4 is 40.7 Å². The van der Waals surface area contributed by atoms with Gasteiger partial charge in [-0.2, -0.15) is 0 Å². The first kappa shape index (κ1) is 25.6. The fourth-order valence-electron chi connectivity index (χ4n) is 5.22. The highest BCUT2D eigenvalue weighted by atomic mass is 35.5. The van der Waals surface area contributed by atoms with Gasteiger partial charge in [0.1, 0.15) is 5.82 Å². The van der Waals surface area contributed by atoms with E-state index >= 15 is 0 Å². The number of nitrogens with zero attached hydrogens (tertiary/aromatic N) is 3. The molecule has 2 aliphatic rings. The standard InChI is InChI=1S/C27H25Cl2FN4O3/c1-15-21(10-18(29)13-31-15)25(35)33-20-6-2-16(3-7-20)14-34-23-11-19(30)5-8-22(23)27(37,26(34)36)24-9-4-17(28)12-32-24/h4-5,8-13,16,20,37H,2-3,6-7,14H2,1H3,(H,33,35)/t16-,20-,27?. The predicted octanol–water partition coefficient (Wildman–Crippen LogP) is 4.80. The van der Waals surface area contributed by atoms with Gasteiger partial charge in [0, 0.05) is 30.5 Å². The molecule has 0 spiro atoms. The Morgan fingerprint density at radius 2 is 1.84 bits per heavy atom. The number of hydrogen-bond donors (Lipinski definition) is 2. The van der Waals surface area contributed by atoms with E-state index in [1.165, 1.54) is 41.6 Å². The van der Waals surface area contributed by atoms with Gasteiger partial charge in [0.05, 0.1) is 32.7 Å². The van der Waals surface area contributed by atoms with Gasteiger partial charge < -0.3 is 15.3 Å². The van der Waals surface area contributed by atoms with Crippen LogP contribution in [0.1, 0.15) is 53.0 Å². The van der Waals surface area contributed by atoms with Crippen LogP contribution < -0.4 is 10.2 Å². The van der Waals surface area contributed by atoms with Gasteiger partial charge in [-0.3, -0.25) is 19.6 Å². The Labute approximate surface area is 223 Å². The van der Waals surface area contributed by atoms with Gasteiger partial charge in [-0.1, -0.05) is 29.3 Å². The number of pyridine rings is 2. The van der Waals surface area contributed by atoms with Gasteiger partial charge in [0.25, 0.3) is 11.8 Å². The van der Waals surface area contributed by atoms with Gasteiger partial charge >= 0.3 is 0 Å². The van der Waals surface area contributed by atoms with E-state index in [9.17, 15) is 19.1 Å². The molecule has 10 heteroatoms. The number of rotatable bonds is 5. The van der Waals surface area contributed by atoms with E-state index in [1.807, 2.05) is 0 Å². The summed E-state index contributed by atoms with van der Waals surface area (Å²) in [5, 5.41) is 15.4. The van der Waals surface area contributed by atoms with Crippen LogP contribution in [0.4, 0.5) is 10.1 Å². The van der Waals surface area contributed by atoms with Crippen molar-refractivity contribution in [1.29, 1.82) is 0 Å². The molecule has 1 saturated carbocycles. The van der Waals surface area contributed by atoms with Crippen molar-refractivity contribution in [2.75, 3.05) is 11.4 Å². The SMILES string of the molecule is Cc1ncc(Cl)cc1C(=O)N[C@H]1CC[C@H](CN2C(=O)C(O)(c3ccc(Cl)cn3)c3ccc(F)cc32)CC1. The number of aliphatic hydroxyl groups is 1. The number of aryl methyl sites for hydroxylation is 1. The Hall–Kier alpha value is -3.07. The minimum Gasteiger partial charge on any atom is -0.370 e. The lowest BCUT2D eigenvalue weighted by atomic mass is 9.85. The van der Waals surface area contributed by atoms with Crippen LogP contribution in [0.15, 0.2) is 48.8 Å². The molecule has 0 saturated heterocycles. The van der Waals surface area contributed by atoms with E-state index in [4.69, 9.17) is 23.2 Å². The average molecular weight is 543 g/mol. The van der Waals surface area contributed by atoms with Crippen molar-refractivity contribution in [3.63, 3.8) is 0 Å². The highest BCUT2D eigenvalue weighted by molar-refractivity contribution is 6.31. The summed E-state index contributed by atoms with van der Waals surface area (Å²) in [5.74, 6) is -1.16. The predicted molar refractivity (Wildman–Crippen MR) is 138 cm³/mol. The first-order chi connectivity index (χ1) is 17.7. The van der Waals surface area contributed by atoms with E-state index < -0.39 is 17.3 Å². The molecular weight excluding hydrogens is 518 g/mol. The summed E-state index contributed by atoms with van der Waals surface area (Å²) in [5.41, 5.74) is -0.206. The highest BCUT2D eigenvalue weighted by Gasteiger charge is 2.52. The Balaban J connectivity index is 1.29. The number of fused-ring (bicyclic) bond motifs is 1. The third kappa shape index (κ3) is 4.81. The molecule has 1 aromatic carbocycles. The number of carbonyl (C=O) groups excluding carboxylic acids is 2. The fourth-order valence-corrected chi connectivity index (χ4v) is 5.49. The summed E-state index contributed by atoms with van der Waals surface area (Å²) < 4.78 is 14.2. The quantitative estimate of drug-likeness (QED) is 0.482. The number of hydrogen-bond acceptors (Lipinski definition) is 5. The largest absolute Gasteiger partial charge is 0.370 e. The first-order valence-electron chi connectivity index (χ1n) is 12.1. The molecule has 1 atom stereocenters. The number of nitrogens with one attached hydrogen (secondary N) is 1. The maximum Gasteiger partial charge on any atom is 0.270 e. The molecule has 2 N–H and O–H groups in total. The smallest absolute Gasteiger partial charge is 0.270 e. The Morgan fingerprint density at radius 3 is 2.54 bits per heavy atom. The van der Waals surface area contributed by atoms with E-state index in [0.29, 0.717) is 39.1 Å². The number of aromatic nitrogens is 2. The van der Waals surface area contributed by atoms with Crippen LogP contribution >= 0.6 is 23.2 Å². The molecule has 5 rings (SSSR count). The van der Waals surface area contributed by atoms with Crippen LogP contribution in [-0.2, 0) is 10.4 Å². The molecule has 2 amide bonds. The third-order valence-corrected chi connectivity index (χ3v) is 7.64. The molecule has 2 aromatic heterocycles. The van der Waals surface area contributed by atoms with E-state index in [2.05, 4.69) is 15.3 Å². The van der Waals surface area contributed by atoms with Crippen molar-refractivity contribution in [2.45, 2.75) is 44.2 Å². The second-order valence-corrected chi connectivity index (χ2v) is 10.5. The van der Waals surface area contributed by atoms with Crippen molar-refractivity contribution in [3.8, 4) is 0 Å². The maximum absolute atomic E-state index is 14.2. The van der Waals surface area contributed by atoms with Crippen LogP contribution in [0.3, 0.4) is 0 Å². The fraction of sp³-hybridized carbons (Fsp3) is 0.333. The molecule has 0 radical (unpaired) electrons. The number of anilines is 1. The van der Waals surface area contributed by atoms with E-state index in [-0.39, 0.29) is 23.6 Å². The van der Waals surface area contributed by atoms with Crippen molar-refractivity contribution in [2.24, 2.45) is 5.92 Å². The summed E-state index contributed by atoms with van der Waals surface area (Å²) in [6.45, 7) is 2.08. The zero-order valence-electron chi connectivity index (χ0n) is 20.0. The molecule has 37 heavy (non-hydrogen) atoms. The number of carbonyl (C=O) groups is 2. The van der Waals surface area contributed by atoms with Gasteiger partial charge in [-0.05, 0) is 68.9 Å². The molecule has 0 bridgehead atoms. The summed E-state index contributed by atoms with van der Waals surface area (Å²) in [4.78, 5) is 36.1. The van der Waals surface area contributed by atoms with Gasteiger partial charge in [-0.25, -0.2) is 4.39 Å².